The first-order valence-corrected chi connectivity index (χ1v) is 4.26. The van der Waals surface area contributed by atoms with E-state index in [-0.39, 0.29) is 0 Å². The van der Waals surface area contributed by atoms with Gasteiger partial charge in [0.05, 0.1) is 6.10 Å². The van der Waals surface area contributed by atoms with E-state index in [2.05, 4.69) is 12.2 Å². The van der Waals surface area contributed by atoms with Gasteiger partial charge >= 0.3 is 0 Å². The molecule has 0 aromatic heterocycles. The molecule has 0 aromatic carbocycles. The molecule has 1 saturated carbocycles. The van der Waals surface area contributed by atoms with Crippen LogP contribution in [-0.4, -0.2) is 24.8 Å². The maximum Gasteiger partial charge on any atom is 0.0604 e. The van der Waals surface area contributed by atoms with Gasteiger partial charge in [-0.3, -0.25) is 0 Å². The molecule has 1 N–H and O–H groups in total. The van der Waals surface area contributed by atoms with Gasteiger partial charge in [0, 0.05) is 18.7 Å². The van der Waals surface area contributed by atoms with Crippen LogP contribution in [0.1, 0.15) is 26.2 Å². The third-order valence-electron chi connectivity index (χ3n) is 2.54. The minimum Gasteiger partial charge on any atom is -0.378 e. The summed E-state index contributed by atoms with van der Waals surface area (Å²) in [7, 11) is 0. The van der Waals surface area contributed by atoms with Gasteiger partial charge in [-0.1, -0.05) is 0 Å². The fourth-order valence-corrected chi connectivity index (χ4v) is 2.08. The Morgan fingerprint density at radius 1 is 1.30 bits per heavy atom. The summed E-state index contributed by atoms with van der Waals surface area (Å²) in [5.41, 5.74) is 0. The molecular weight excluding hydrogens is 126 g/mol. The Kier molecular flexibility index (Phi) is 1.66. The van der Waals surface area contributed by atoms with E-state index in [1.807, 2.05) is 0 Å². The van der Waals surface area contributed by atoms with Gasteiger partial charge in [-0.2, -0.15) is 0 Å². The molecule has 2 bridgehead atoms. The van der Waals surface area contributed by atoms with Gasteiger partial charge in [0.2, 0.25) is 0 Å². The molecule has 2 unspecified atom stereocenters. The van der Waals surface area contributed by atoms with Gasteiger partial charge in [-0.25, -0.2) is 0 Å². The van der Waals surface area contributed by atoms with E-state index in [4.69, 9.17) is 4.74 Å². The molecule has 2 aliphatic heterocycles. The van der Waals surface area contributed by atoms with Crippen molar-refractivity contribution in [2.75, 3.05) is 6.61 Å². The Morgan fingerprint density at radius 2 is 1.90 bits per heavy atom. The van der Waals surface area contributed by atoms with Crippen molar-refractivity contribution in [2.45, 2.75) is 44.4 Å². The van der Waals surface area contributed by atoms with E-state index < -0.39 is 0 Å². The van der Waals surface area contributed by atoms with Gasteiger partial charge in [-0.05, 0) is 26.2 Å². The largest absolute Gasteiger partial charge is 0.378 e. The van der Waals surface area contributed by atoms with Gasteiger partial charge < -0.3 is 10.1 Å². The normalized spacial score (nSPS) is 44.7. The van der Waals surface area contributed by atoms with Crippen molar-refractivity contribution < 1.29 is 4.74 Å². The SMILES string of the molecule is CCOC1CC2C[C@@H](C1)N2. The second kappa shape index (κ2) is 2.51. The monoisotopic (exact) mass is 141 g/mol. The van der Waals surface area contributed by atoms with Crippen LogP contribution in [0.3, 0.4) is 0 Å². The molecule has 2 heteroatoms. The molecule has 1 aliphatic carbocycles. The Labute approximate surface area is 61.9 Å². The zero-order valence-corrected chi connectivity index (χ0v) is 6.47. The van der Waals surface area contributed by atoms with E-state index in [1.54, 1.807) is 0 Å². The molecule has 0 amide bonds. The minimum atomic E-state index is 0.565. The molecule has 2 nitrogen and oxygen atoms in total. The average Bonchev–Trinajstić information content (AvgIpc) is 1.87. The lowest BCUT2D eigenvalue weighted by molar-refractivity contribution is -0.0163. The second-order valence-corrected chi connectivity index (χ2v) is 3.34. The quantitative estimate of drug-likeness (QED) is 0.617. The first kappa shape index (κ1) is 6.62. The third-order valence-corrected chi connectivity index (χ3v) is 2.54. The average molecular weight is 141 g/mol. The van der Waals surface area contributed by atoms with Crippen molar-refractivity contribution in [3.8, 4) is 0 Å². The fraction of sp³-hybridized carbons (Fsp3) is 1.00. The molecule has 3 fully saturated rings. The van der Waals surface area contributed by atoms with Crippen molar-refractivity contribution >= 4 is 0 Å². The van der Waals surface area contributed by atoms with Crippen molar-refractivity contribution in [3.05, 3.63) is 0 Å². The Bertz CT molecular complexity index is 110. The van der Waals surface area contributed by atoms with Gasteiger partial charge in [-0.15, -0.1) is 0 Å². The van der Waals surface area contributed by atoms with Gasteiger partial charge in [0.25, 0.3) is 0 Å². The fourth-order valence-electron chi connectivity index (χ4n) is 2.08. The number of nitrogens with one attached hydrogen (secondary N) is 1. The summed E-state index contributed by atoms with van der Waals surface area (Å²) in [6.45, 7) is 2.96. The van der Waals surface area contributed by atoms with Crippen LogP contribution in [0.4, 0.5) is 0 Å². The molecule has 2 saturated heterocycles. The van der Waals surface area contributed by atoms with Crippen LogP contribution >= 0.6 is 0 Å². The Hall–Kier alpha value is -0.0800. The summed E-state index contributed by atoms with van der Waals surface area (Å²) in [6.07, 6.45) is 4.44. The Balaban J connectivity index is 1.80. The van der Waals surface area contributed by atoms with Crippen LogP contribution in [0.2, 0.25) is 0 Å². The smallest absolute Gasteiger partial charge is 0.0604 e. The summed E-state index contributed by atoms with van der Waals surface area (Å²) in [6, 6.07) is 1.57. The van der Waals surface area contributed by atoms with Gasteiger partial charge in [0.1, 0.15) is 0 Å². The first-order valence-electron chi connectivity index (χ1n) is 4.26. The molecular formula is C8H15NO. The number of piperidine rings is 1. The third kappa shape index (κ3) is 1.06. The Morgan fingerprint density at radius 3 is 2.40 bits per heavy atom. The summed E-state index contributed by atoms with van der Waals surface area (Å²) in [5, 5.41) is 3.49. The van der Waals surface area contributed by atoms with Crippen LogP contribution in [0.5, 0.6) is 0 Å². The maximum atomic E-state index is 5.54. The predicted molar refractivity (Wildman–Crippen MR) is 40.0 cm³/mol. The molecule has 3 aliphatic rings. The van der Waals surface area contributed by atoms with Crippen LogP contribution < -0.4 is 5.32 Å². The number of hydrogen-bond donors (Lipinski definition) is 1. The standard InChI is InChI=1S/C8H15NO/c1-2-10-8-4-6-3-7(5-8)9-6/h6-9H,2-5H2,1H3/t6-,7?,8?/m0/s1. The van der Waals surface area contributed by atoms with E-state index in [1.165, 1.54) is 19.3 Å². The van der Waals surface area contributed by atoms with Crippen molar-refractivity contribution in [3.63, 3.8) is 0 Å². The number of hydrogen-bond acceptors (Lipinski definition) is 2. The molecule has 0 spiro atoms. The van der Waals surface area contributed by atoms with E-state index in [0.717, 1.165) is 18.7 Å². The summed E-state index contributed by atoms with van der Waals surface area (Å²) in [4.78, 5) is 0. The molecule has 3 rings (SSSR count). The maximum absolute atomic E-state index is 5.54. The van der Waals surface area contributed by atoms with Crippen molar-refractivity contribution in [1.82, 2.24) is 5.32 Å². The van der Waals surface area contributed by atoms with Crippen LogP contribution in [0.25, 0.3) is 0 Å². The summed E-state index contributed by atoms with van der Waals surface area (Å²) in [5.74, 6) is 0. The van der Waals surface area contributed by atoms with Crippen LogP contribution in [-0.2, 0) is 4.74 Å². The zero-order valence-electron chi connectivity index (χ0n) is 6.47. The number of rotatable bonds is 2. The molecule has 58 valence electrons. The molecule has 0 aromatic rings. The lowest BCUT2D eigenvalue weighted by Crippen LogP contribution is -2.59. The molecule has 2 heterocycles. The topological polar surface area (TPSA) is 21.3 Å². The van der Waals surface area contributed by atoms with E-state index >= 15 is 0 Å². The predicted octanol–water partition coefficient (Wildman–Crippen LogP) is 0.916. The molecule has 10 heavy (non-hydrogen) atoms. The van der Waals surface area contributed by atoms with Gasteiger partial charge in [0.15, 0.2) is 0 Å². The highest BCUT2D eigenvalue weighted by molar-refractivity contribution is 4.97. The summed E-state index contributed by atoms with van der Waals surface area (Å²) < 4.78 is 5.54. The van der Waals surface area contributed by atoms with E-state index in [0.29, 0.717) is 6.10 Å². The van der Waals surface area contributed by atoms with Crippen LogP contribution in [0.15, 0.2) is 0 Å². The lowest BCUT2D eigenvalue weighted by Gasteiger charge is -2.46. The van der Waals surface area contributed by atoms with Crippen LogP contribution in [0, 0.1) is 0 Å². The molecule has 0 radical (unpaired) electrons. The van der Waals surface area contributed by atoms with Crippen molar-refractivity contribution in [1.29, 1.82) is 0 Å². The first-order chi connectivity index (χ1) is 4.88. The number of ether oxygens (including phenoxy) is 1. The minimum absolute atomic E-state index is 0.565. The lowest BCUT2D eigenvalue weighted by atomic mass is 9.81. The van der Waals surface area contributed by atoms with Crippen molar-refractivity contribution in [2.24, 2.45) is 0 Å². The highest BCUT2D eigenvalue weighted by Crippen LogP contribution is 2.29. The highest BCUT2D eigenvalue weighted by atomic mass is 16.5. The van der Waals surface area contributed by atoms with E-state index in [9.17, 15) is 0 Å². The number of fused-ring (bicyclic) bond motifs is 2. The molecule has 3 atom stereocenters. The highest BCUT2D eigenvalue weighted by Gasteiger charge is 2.37. The summed E-state index contributed by atoms with van der Waals surface area (Å²) >= 11 is 0. The zero-order chi connectivity index (χ0) is 6.97. The second-order valence-electron chi connectivity index (χ2n) is 3.34.